The van der Waals surface area contributed by atoms with Crippen LogP contribution in [0.25, 0.3) is 0 Å². The summed E-state index contributed by atoms with van der Waals surface area (Å²) in [6.45, 7) is 7.29. The Kier molecular flexibility index (Phi) is 4.13. The fourth-order valence-corrected chi connectivity index (χ4v) is 2.75. The fraction of sp³-hybridized carbons (Fsp3) is 0.714. The number of aliphatic imine (C=N–C) groups is 1. The lowest BCUT2D eigenvalue weighted by atomic mass is 9.98. The van der Waals surface area contributed by atoms with Gasteiger partial charge in [-0.15, -0.1) is 11.3 Å². The molecule has 0 amide bonds. The average Bonchev–Trinajstić information content (AvgIpc) is 3.06. The van der Waals surface area contributed by atoms with Crippen LogP contribution in [0.15, 0.2) is 10.4 Å². The van der Waals surface area contributed by atoms with Crippen molar-refractivity contribution in [1.82, 2.24) is 9.88 Å². The standard InChI is InChI=1S/C14H24N4S/c1-14(2,3)12-17-10(9-19-12)7-8-16-13(15)18(4)11-5-6-11/h9,11H,5-8H2,1-4H3,(H2,15,16). The van der Waals surface area contributed by atoms with E-state index in [1.165, 1.54) is 17.8 Å². The van der Waals surface area contributed by atoms with E-state index in [0.29, 0.717) is 12.0 Å². The molecule has 0 aromatic carbocycles. The maximum Gasteiger partial charge on any atom is 0.191 e. The molecule has 0 saturated heterocycles. The van der Waals surface area contributed by atoms with Crippen molar-refractivity contribution in [3.63, 3.8) is 0 Å². The molecule has 0 atom stereocenters. The third kappa shape index (κ3) is 3.93. The third-order valence-corrected chi connectivity index (χ3v) is 4.61. The van der Waals surface area contributed by atoms with Crippen molar-refractivity contribution in [3.05, 3.63) is 16.1 Å². The Morgan fingerprint density at radius 3 is 2.74 bits per heavy atom. The molecule has 1 fully saturated rings. The van der Waals surface area contributed by atoms with Crippen molar-refractivity contribution in [2.24, 2.45) is 10.7 Å². The minimum atomic E-state index is 0.136. The zero-order valence-electron chi connectivity index (χ0n) is 12.3. The summed E-state index contributed by atoms with van der Waals surface area (Å²) in [6, 6.07) is 0.621. The Morgan fingerprint density at radius 2 is 2.21 bits per heavy atom. The third-order valence-electron chi connectivity index (χ3n) is 3.29. The van der Waals surface area contributed by atoms with Crippen LogP contribution in [0.2, 0.25) is 0 Å². The summed E-state index contributed by atoms with van der Waals surface area (Å²) in [5, 5.41) is 3.33. The SMILES string of the molecule is CN(C(N)=NCCc1csc(C(C)(C)C)n1)C1CC1. The molecule has 106 valence electrons. The first kappa shape index (κ1) is 14.3. The lowest BCUT2D eigenvalue weighted by Gasteiger charge is -2.16. The Bertz CT molecular complexity index is 454. The van der Waals surface area contributed by atoms with Gasteiger partial charge in [-0.3, -0.25) is 4.99 Å². The summed E-state index contributed by atoms with van der Waals surface area (Å²) in [7, 11) is 2.02. The van der Waals surface area contributed by atoms with Gasteiger partial charge >= 0.3 is 0 Å². The summed E-state index contributed by atoms with van der Waals surface area (Å²) in [4.78, 5) is 11.2. The van der Waals surface area contributed by atoms with E-state index in [4.69, 9.17) is 5.73 Å². The molecule has 2 N–H and O–H groups in total. The van der Waals surface area contributed by atoms with E-state index in [-0.39, 0.29) is 5.41 Å². The van der Waals surface area contributed by atoms with Gasteiger partial charge in [0, 0.05) is 36.9 Å². The minimum absolute atomic E-state index is 0.136. The first-order valence-corrected chi connectivity index (χ1v) is 7.73. The maximum absolute atomic E-state index is 5.95. The maximum atomic E-state index is 5.95. The largest absolute Gasteiger partial charge is 0.370 e. The van der Waals surface area contributed by atoms with Crippen LogP contribution >= 0.6 is 11.3 Å². The summed E-state index contributed by atoms with van der Waals surface area (Å²) in [5.74, 6) is 0.661. The van der Waals surface area contributed by atoms with Gasteiger partial charge in [-0.1, -0.05) is 20.8 Å². The zero-order chi connectivity index (χ0) is 14.0. The van der Waals surface area contributed by atoms with Crippen LogP contribution in [0.3, 0.4) is 0 Å². The van der Waals surface area contributed by atoms with E-state index in [9.17, 15) is 0 Å². The molecule has 0 radical (unpaired) electrons. The molecule has 1 aromatic rings. The lowest BCUT2D eigenvalue weighted by molar-refractivity contribution is 0.487. The number of aromatic nitrogens is 1. The first-order chi connectivity index (χ1) is 8.88. The van der Waals surface area contributed by atoms with E-state index in [2.05, 4.69) is 41.0 Å². The molecule has 0 spiro atoms. The number of hydrogen-bond acceptors (Lipinski definition) is 3. The van der Waals surface area contributed by atoms with Crippen LogP contribution < -0.4 is 5.73 Å². The molecular weight excluding hydrogens is 256 g/mol. The minimum Gasteiger partial charge on any atom is -0.370 e. The highest BCUT2D eigenvalue weighted by Crippen LogP contribution is 2.26. The van der Waals surface area contributed by atoms with Gasteiger partial charge in [0.25, 0.3) is 0 Å². The predicted molar refractivity (Wildman–Crippen MR) is 81.8 cm³/mol. The van der Waals surface area contributed by atoms with Crippen molar-refractivity contribution in [2.45, 2.75) is 51.5 Å². The van der Waals surface area contributed by atoms with E-state index in [1.807, 2.05) is 7.05 Å². The molecule has 1 aliphatic carbocycles. The molecule has 4 nitrogen and oxygen atoms in total. The number of nitrogens with zero attached hydrogens (tertiary/aromatic N) is 3. The molecule has 0 unspecified atom stereocenters. The van der Waals surface area contributed by atoms with Gasteiger partial charge in [0.2, 0.25) is 0 Å². The quantitative estimate of drug-likeness (QED) is 0.680. The summed E-state index contributed by atoms with van der Waals surface area (Å²) in [6.07, 6.45) is 3.35. The number of guanidine groups is 1. The highest BCUT2D eigenvalue weighted by molar-refractivity contribution is 7.09. The molecular formula is C14H24N4S. The Balaban J connectivity index is 1.85. The van der Waals surface area contributed by atoms with Gasteiger partial charge in [-0.2, -0.15) is 0 Å². The second kappa shape index (κ2) is 5.49. The highest BCUT2D eigenvalue weighted by Gasteiger charge is 2.27. The van der Waals surface area contributed by atoms with Gasteiger partial charge in [-0.05, 0) is 12.8 Å². The van der Waals surface area contributed by atoms with Crippen LogP contribution in [-0.4, -0.2) is 35.5 Å². The number of nitrogens with two attached hydrogens (primary N) is 1. The van der Waals surface area contributed by atoms with Gasteiger partial charge in [0.05, 0.1) is 10.7 Å². The molecule has 1 saturated carbocycles. The average molecular weight is 280 g/mol. The van der Waals surface area contributed by atoms with Crippen LogP contribution in [-0.2, 0) is 11.8 Å². The number of thiazole rings is 1. The molecule has 1 aliphatic rings. The van der Waals surface area contributed by atoms with Crippen molar-refractivity contribution in [3.8, 4) is 0 Å². The van der Waals surface area contributed by atoms with Gasteiger partial charge in [0.15, 0.2) is 5.96 Å². The lowest BCUT2D eigenvalue weighted by Crippen LogP contribution is -2.35. The van der Waals surface area contributed by atoms with Gasteiger partial charge in [0.1, 0.15) is 0 Å². The first-order valence-electron chi connectivity index (χ1n) is 6.85. The van der Waals surface area contributed by atoms with E-state index >= 15 is 0 Å². The fourth-order valence-electron chi connectivity index (χ4n) is 1.81. The summed E-state index contributed by atoms with van der Waals surface area (Å²) in [5.41, 5.74) is 7.22. The number of rotatable bonds is 4. The second-order valence-corrected chi connectivity index (χ2v) is 7.08. The zero-order valence-corrected chi connectivity index (χ0v) is 13.1. The van der Waals surface area contributed by atoms with Crippen LogP contribution in [0.1, 0.15) is 44.3 Å². The molecule has 5 heteroatoms. The molecule has 19 heavy (non-hydrogen) atoms. The summed E-state index contributed by atoms with van der Waals surface area (Å²) >= 11 is 1.74. The molecule has 0 aliphatic heterocycles. The second-order valence-electron chi connectivity index (χ2n) is 6.23. The number of hydrogen-bond donors (Lipinski definition) is 1. The highest BCUT2D eigenvalue weighted by atomic mass is 32.1. The van der Waals surface area contributed by atoms with Crippen LogP contribution in [0.5, 0.6) is 0 Å². The van der Waals surface area contributed by atoms with Crippen molar-refractivity contribution >= 4 is 17.3 Å². The monoisotopic (exact) mass is 280 g/mol. The van der Waals surface area contributed by atoms with Gasteiger partial charge in [-0.25, -0.2) is 4.98 Å². The van der Waals surface area contributed by atoms with Crippen LogP contribution in [0, 0.1) is 0 Å². The van der Waals surface area contributed by atoms with Crippen molar-refractivity contribution in [2.75, 3.05) is 13.6 Å². The van der Waals surface area contributed by atoms with Crippen molar-refractivity contribution in [1.29, 1.82) is 0 Å². The summed E-state index contributed by atoms with van der Waals surface area (Å²) < 4.78 is 0. The molecule has 2 rings (SSSR count). The normalized spacial score (nSPS) is 16.7. The van der Waals surface area contributed by atoms with Crippen LogP contribution in [0.4, 0.5) is 0 Å². The molecule has 0 bridgehead atoms. The molecule has 1 aromatic heterocycles. The smallest absolute Gasteiger partial charge is 0.191 e. The Hall–Kier alpha value is -1.10. The van der Waals surface area contributed by atoms with Crippen molar-refractivity contribution < 1.29 is 0 Å². The predicted octanol–water partition coefficient (Wildman–Crippen LogP) is 2.39. The Morgan fingerprint density at radius 1 is 1.53 bits per heavy atom. The van der Waals surface area contributed by atoms with E-state index < -0.39 is 0 Å². The topological polar surface area (TPSA) is 54.5 Å². The van der Waals surface area contributed by atoms with Gasteiger partial charge < -0.3 is 10.6 Å². The molecule has 1 heterocycles. The Labute approximate surface area is 119 Å². The van der Waals surface area contributed by atoms with E-state index in [1.54, 1.807) is 11.3 Å². The van der Waals surface area contributed by atoms with E-state index in [0.717, 1.165) is 18.7 Å².